The molecule has 0 aromatic rings. The van der Waals surface area contributed by atoms with E-state index in [2.05, 4.69) is 0 Å². The van der Waals surface area contributed by atoms with Gasteiger partial charge in [0.25, 0.3) is 0 Å². The first-order valence-electron chi connectivity index (χ1n) is 6.44. The predicted octanol–water partition coefficient (Wildman–Crippen LogP) is -17.6. The van der Waals surface area contributed by atoms with Crippen LogP contribution in [0.1, 0.15) is 12.8 Å². The van der Waals surface area contributed by atoms with Crippen molar-refractivity contribution in [2.24, 2.45) is 0 Å². The molecule has 4 atom stereocenters. The van der Waals surface area contributed by atoms with E-state index in [1.807, 2.05) is 0 Å². The molecule has 0 heterocycles. The van der Waals surface area contributed by atoms with Gasteiger partial charge >= 0.3 is 88.7 Å². The number of aldehydes is 1. The maximum atomic E-state index is 10.1. The van der Waals surface area contributed by atoms with Gasteiger partial charge in [-0.3, -0.25) is 0 Å². The summed E-state index contributed by atoms with van der Waals surface area (Å²) >= 11 is 0. The van der Waals surface area contributed by atoms with Gasteiger partial charge in [0.05, 0.1) is 12.6 Å². The number of rotatable bonds is 10. The van der Waals surface area contributed by atoms with E-state index in [-0.39, 0.29) is 95.0 Å². The molecule has 0 aliphatic carbocycles. The zero-order valence-electron chi connectivity index (χ0n) is 15.5. The van der Waals surface area contributed by atoms with Crippen LogP contribution in [0.3, 0.4) is 0 Å². The molecule has 0 aliphatic rings. The van der Waals surface area contributed by atoms with Crippen LogP contribution in [0.2, 0.25) is 0 Å². The van der Waals surface area contributed by atoms with Crippen molar-refractivity contribution in [3.63, 3.8) is 0 Å². The topological polar surface area (TPSA) is 259 Å². The third-order valence-corrected chi connectivity index (χ3v) is 2.67. The Balaban J connectivity index is -0.000000114. The summed E-state index contributed by atoms with van der Waals surface area (Å²) in [4.78, 5) is 39.9. The minimum atomic E-state index is -2.97. The van der Waals surface area contributed by atoms with Gasteiger partial charge < -0.3 is 65.1 Å². The number of carboxylic acid groups (broad SMARTS) is 3. The molecular formula is C12H17Na3O13. The van der Waals surface area contributed by atoms with Crippen molar-refractivity contribution >= 4 is 24.2 Å². The summed E-state index contributed by atoms with van der Waals surface area (Å²) < 4.78 is 0. The number of carbonyl (C=O) groups excluding carboxylic acids is 4. The number of carbonyl (C=O) groups is 4. The van der Waals surface area contributed by atoms with Crippen molar-refractivity contribution in [2.75, 3.05) is 6.61 Å². The molecule has 0 aromatic carbocycles. The fourth-order valence-corrected chi connectivity index (χ4v) is 1.30. The fraction of sp³-hybridized carbons (Fsp3) is 0.667. The van der Waals surface area contributed by atoms with Gasteiger partial charge in [-0.1, -0.05) is 0 Å². The van der Waals surface area contributed by atoms with Crippen molar-refractivity contribution in [3.05, 3.63) is 0 Å². The van der Waals surface area contributed by atoms with Crippen molar-refractivity contribution in [1.82, 2.24) is 0 Å². The van der Waals surface area contributed by atoms with Gasteiger partial charge in [-0.05, 0) is 0 Å². The first-order chi connectivity index (χ1) is 11.3. The zero-order valence-corrected chi connectivity index (χ0v) is 21.5. The fourth-order valence-electron chi connectivity index (χ4n) is 1.30. The van der Waals surface area contributed by atoms with Crippen molar-refractivity contribution in [1.29, 1.82) is 0 Å². The second-order valence-corrected chi connectivity index (χ2v) is 4.77. The van der Waals surface area contributed by atoms with Gasteiger partial charge in [-0.2, -0.15) is 0 Å². The Bertz CT molecular complexity index is 460. The molecule has 0 amide bonds. The van der Waals surface area contributed by atoms with E-state index >= 15 is 0 Å². The first-order valence-corrected chi connectivity index (χ1v) is 6.44. The maximum absolute atomic E-state index is 10.1. The monoisotopic (exact) mass is 438 g/mol. The van der Waals surface area contributed by atoms with Gasteiger partial charge in [0.15, 0.2) is 6.29 Å². The Hall–Kier alpha value is 0.840. The number of hydrogen-bond donors (Lipinski definition) is 6. The Labute approximate surface area is 225 Å². The van der Waals surface area contributed by atoms with E-state index < -0.39 is 67.4 Å². The van der Waals surface area contributed by atoms with Crippen molar-refractivity contribution in [3.8, 4) is 0 Å². The number of aliphatic carboxylic acids is 3. The molecule has 0 unspecified atom stereocenters. The Morgan fingerprint density at radius 3 is 1.43 bits per heavy atom. The SMILES string of the molecule is O=C([O-])CC(O)(CC(=O)[O-])C(=O)[O-].O=C[C@H](O)[C@@H](O)[C@H](O)[C@H](O)CO.[Na+].[Na+].[Na+]. The third kappa shape index (κ3) is 16.6. The van der Waals surface area contributed by atoms with E-state index in [9.17, 15) is 34.5 Å². The van der Waals surface area contributed by atoms with Crippen LogP contribution in [-0.4, -0.2) is 91.5 Å². The molecule has 0 rings (SSSR count). The molecule has 0 bridgehead atoms. The van der Waals surface area contributed by atoms with Crippen molar-refractivity contribution in [2.45, 2.75) is 42.9 Å². The summed E-state index contributed by atoms with van der Waals surface area (Å²) in [6, 6.07) is 0. The van der Waals surface area contributed by atoms with E-state index in [4.69, 9.17) is 30.6 Å². The van der Waals surface area contributed by atoms with Gasteiger partial charge in [0.2, 0.25) is 0 Å². The van der Waals surface area contributed by atoms with Crippen LogP contribution in [0, 0.1) is 0 Å². The van der Waals surface area contributed by atoms with E-state index in [0.29, 0.717) is 0 Å². The van der Waals surface area contributed by atoms with Crippen LogP contribution in [0.4, 0.5) is 0 Å². The molecule has 6 N–H and O–H groups in total. The minimum absolute atomic E-state index is 0. The number of hydrogen-bond acceptors (Lipinski definition) is 13. The minimum Gasteiger partial charge on any atom is -0.550 e. The quantitative estimate of drug-likeness (QED) is 0.137. The smallest absolute Gasteiger partial charge is 0.550 e. The van der Waals surface area contributed by atoms with Gasteiger partial charge in [0.1, 0.15) is 30.0 Å². The molecule has 0 aliphatic heterocycles. The Kier molecular flexibility index (Phi) is 27.8. The number of aliphatic hydroxyl groups is 6. The van der Waals surface area contributed by atoms with Crippen LogP contribution in [0.25, 0.3) is 0 Å². The molecule has 0 aromatic heterocycles. The number of carboxylic acids is 3. The van der Waals surface area contributed by atoms with Crippen LogP contribution in [0.5, 0.6) is 0 Å². The zero-order chi connectivity index (χ0) is 20.4. The summed E-state index contributed by atoms with van der Waals surface area (Å²) in [5, 5.41) is 82.5. The molecule has 13 nitrogen and oxygen atoms in total. The molecule has 146 valence electrons. The summed E-state index contributed by atoms with van der Waals surface area (Å²) in [6.45, 7) is -0.760. The molecule has 16 heteroatoms. The van der Waals surface area contributed by atoms with Crippen LogP contribution in [0.15, 0.2) is 0 Å². The van der Waals surface area contributed by atoms with Crippen LogP contribution < -0.4 is 104 Å². The average molecular weight is 438 g/mol. The Morgan fingerprint density at radius 1 is 0.857 bits per heavy atom. The van der Waals surface area contributed by atoms with Gasteiger partial charge in [-0.15, -0.1) is 0 Å². The molecule has 28 heavy (non-hydrogen) atoms. The van der Waals surface area contributed by atoms with Gasteiger partial charge in [-0.25, -0.2) is 0 Å². The largest absolute Gasteiger partial charge is 1.00 e. The molecule has 0 radical (unpaired) electrons. The number of aliphatic hydroxyl groups excluding tert-OH is 5. The van der Waals surface area contributed by atoms with Crippen molar-refractivity contribution < 1.29 is 154 Å². The van der Waals surface area contributed by atoms with Gasteiger partial charge in [0, 0.05) is 24.8 Å². The summed E-state index contributed by atoms with van der Waals surface area (Å²) in [7, 11) is 0. The van der Waals surface area contributed by atoms with E-state index in [1.54, 1.807) is 0 Å². The normalized spacial score (nSPS) is 14.1. The molecular weight excluding hydrogens is 421 g/mol. The Morgan fingerprint density at radius 2 is 1.21 bits per heavy atom. The third-order valence-electron chi connectivity index (χ3n) is 2.67. The molecule has 0 saturated carbocycles. The first kappa shape index (κ1) is 39.3. The predicted molar refractivity (Wildman–Crippen MR) is 66.4 cm³/mol. The van der Waals surface area contributed by atoms with E-state index in [1.165, 1.54) is 0 Å². The average Bonchev–Trinajstić information content (AvgIpc) is 2.50. The second kappa shape index (κ2) is 19.8. The van der Waals surface area contributed by atoms with Crippen LogP contribution >= 0.6 is 0 Å². The summed E-state index contributed by atoms with van der Waals surface area (Å²) in [5.74, 6) is -5.98. The maximum Gasteiger partial charge on any atom is 1.00 e. The summed E-state index contributed by atoms with van der Waals surface area (Å²) in [5.41, 5.74) is -2.97. The molecule has 0 saturated heterocycles. The standard InChI is InChI=1S/C6H8O7.C6H12O6.3Na/c7-3(8)1-6(13,5(11)12)2-4(9)10;7-1-3(9)5(11)6(12)4(10)2-8;;;/h13H,1-2H2,(H,7,8)(H,9,10)(H,11,12);1,3-6,8-12H,2H2;;;/q;;3*+1/p-3/t;3-,4+,5+,6+;;;/m.0.../s1. The molecule has 0 spiro atoms. The summed E-state index contributed by atoms with van der Waals surface area (Å²) in [6.07, 6.45) is -9.56. The van der Waals surface area contributed by atoms with Crippen LogP contribution in [-0.2, 0) is 19.2 Å². The molecule has 0 fully saturated rings. The van der Waals surface area contributed by atoms with E-state index in [0.717, 1.165) is 0 Å². The second-order valence-electron chi connectivity index (χ2n) is 4.77.